The number of nitrogens with zero attached hydrogens (tertiary/aromatic N) is 1. The van der Waals surface area contributed by atoms with Gasteiger partial charge in [-0.25, -0.2) is 0 Å². The number of carboxylic acids is 1. The lowest BCUT2D eigenvalue weighted by Gasteiger charge is -2.36. The van der Waals surface area contributed by atoms with E-state index in [1.165, 1.54) is 7.11 Å². The average Bonchev–Trinajstić information content (AvgIpc) is 3.09. The van der Waals surface area contributed by atoms with E-state index in [-0.39, 0.29) is 23.8 Å². The predicted molar refractivity (Wildman–Crippen MR) is 60.5 cm³/mol. The highest BCUT2D eigenvalue weighted by Crippen LogP contribution is 2.44. The van der Waals surface area contributed by atoms with E-state index in [1.54, 1.807) is 0 Å². The molecular weight excluding hydrogens is 222 g/mol. The van der Waals surface area contributed by atoms with Crippen LogP contribution in [0.15, 0.2) is 0 Å². The van der Waals surface area contributed by atoms with Gasteiger partial charge in [-0.3, -0.25) is 14.5 Å². The van der Waals surface area contributed by atoms with Crippen molar-refractivity contribution in [2.45, 2.75) is 37.6 Å². The summed E-state index contributed by atoms with van der Waals surface area (Å²) in [6.45, 7) is 1.63. The lowest BCUT2D eigenvalue weighted by atomic mass is 9.92. The fourth-order valence-electron chi connectivity index (χ4n) is 2.77. The Hall–Kier alpha value is -1.10. The van der Waals surface area contributed by atoms with Crippen LogP contribution in [0.4, 0.5) is 0 Å². The Morgan fingerprint density at radius 3 is 2.35 bits per heavy atom. The molecule has 96 valence electrons. The number of likely N-dealkylation sites (tertiary alicyclic amines) is 1. The van der Waals surface area contributed by atoms with Crippen molar-refractivity contribution < 1.29 is 19.4 Å². The van der Waals surface area contributed by atoms with Crippen LogP contribution in [-0.2, 0) is 14.3 Å². The monoisotopic (exact) mass is 241 g/mol. The van der Waals surface area contributed by atoms with E-state index in [2.05, 4.69) is 4.90 Å². The first-order valence-corrected chi connectivity index (χ1v) is 6.14. The summed E-state index contributed by atoms with van der Waals surface area (Å²) in [6.07, 6.45) is 3.74. The minimum Gasteiger partial charge on any atom is -0.481 e. The van der Waals surface area contributed by atoms with Crippen LogP contribution in [0.3, 0.4) is 0 Å². The van der Waals surface area contributed by atoms with Crippen LogP contribution in [0.1, 0.15) is 32.1 Å². The number of aliphatic carboxylic acids is 1. The summed E-state index contributed by atoms with van der Waals surface area (Å²) in [5.74, 6) is -0.594. The number of esters is 1. The van der Waals surface area contributed by atoms with E-state index in [9.17, 15) is 9.59 Å². The van der Waals surface area contributed by atoms with Gasteiger partial charge < -0.3 is 9.84 Å². The highest BCUT2D eigenvalue weighted by molar-refractivity contribution is 5.84. The average molecular weight is 241 g/mol. The molecule has 5 heteroatoms. The molecule has 1 saturated heterocycles. The number of hydrogen-bond donors (Lipinski definition) is 1. The number of ether oxygens (including phenoxy) is 1. The topological polar surface area (TPSA) is 66.8 Å². The van der Waals surface area contributed by atoms with Gasteiger partial charge in [-0.05, 0) is 44.7 Å². The van der Waals surface area contributed by atoms with Gasteiger partial charge in [0.25, 0.3) is 0 Å². The Labute approximate surface area is 101 Å². The lowest BCUT2D eigenvalue weighted by molar-refractivity contribution is -0.150. The van der Waals surface area contributed by atoms with Crippen molar-refractivity contribution in [1.29, 1.82) is 0 Å². The Bertz CT molecular complexity index is 316. The highest BCUT2D eigenvalue weighted by Gasteiger charge is 2.56. The molecule has 0 spiro atoms. The number of carboxylic acid groups (broad SMARTS) is 1. The molecular formula is C12H19NO4. The fraction of sp³-hybridized carbons (Fsp3) is 0.833. The van der Waals surface area contributed by atoms with E-state index < -0.39 is 5.97 Å². The second kappa shape index (κ2) is 4.64. The maximum atomic E-state index is 11.7. The third-order valence-corrected chi connectivity index (χ3v) is 3.97. The zero-order valence-corrected chi connectivity index (χ0v) is 10.1. The molecule has 1 aliphatic heterocycles. The molecule has 0 amide bonds. The molecule has 0 aromatic heterocycles. The largest absolute Gasteiger partial charge is 0.481 e. The van der Waals surface area contributed by atoms with E-state index >= 15 is 0 Å². The maximum absolute atomic E-state index is 11.7. The molecule has 0 unspecified atom stereocenters. The molecule has 0 bridgehead atoms. The van der Waals surface area contributed by atoms with Crippen LogP contribution in [0, 0.1) is 5.92 Å². The molecule has 0 aromatic rings. The van der Waals surface area contributed by atoms with Crippen molar-refractivity contribution in [3.63, 3.8) is 0 Å². The highest BCUT2D eigenvalue weighted by atomic mass is 16.5. The Morgan fingerprint density at radius 1 is 1.35 bits per heavy atom. The summed E-state index contributed by atoms with van der Waals surface area (Å²) in [7, 11) is 1.43. The number of methoxy groups -OCH3 is 1. The fourth-order valence-corrected chi connectivity index (χ4v) is 2.77. The number of hydrogen-bond acceptors (Lipinski definition) is 4. The second-order valence-electron chi connectivity index (χ2n) is 5.05. The molecule has 0 aromatic carbocycles. The van der Waals surface area contributed by atoms with Crippen molar-refractivity contribution >= 4 is 11.9 Å². The molecule has 1 heterocycles. The van der Waals surface area contributed by atoms with E-state index in [4.69, 9.17) is 9.84 Å². The SMILES string of the molecule is COC(=O)C1(N2CCC(CC(=O)O)CC2)CC1. The molecule has 0 radical (unpaired) electrons. The van der Waals surface area contributed by atoms with Crippen LogP contribution in [0.2, 0.25) is 0 Å². The van der Waals surface area contributed by atoms with Crippen molar-refractivity contribution in [2.75, 3.05) is 20.2 Å². The first-order chi connectivity index (χ1) is 8.08. The van der Waals surface area contributed by atoms with E-state index in [0.717, 1.165) is 38.8 Å². The number of rotatable bonds is 4. The van der Waals surface area contributed by atoms with Crippen LogP contribution >= 0.6 is 0 Å². The summed E-state index contributed by atoms with van der Waals surface area (Å²) in [5, 5.41) is 8.74. The first-order valence-electron chi connectivity index (χ1n) is 6.14. The summed E-state index contributed by atoms with van der Waals surface area (Å²) in [5.41, 5.74) is -0.372. The first kappa shape index (κ1) is 12.4. The van der Waals surface area contributed by atoms with Gasteiger partial charge in [-0.2, -0.15) is 0 Å². The third-order valence-electron chi connectivity index (χ3n) is 3.97. The molecule has 1 N–H and O–H groups in total. The van der Waals surface area contributed by atoms with Crippen molar-refractivity contribution in [3.05, 3.63) is 0 Å². The number of carbonyl (C=O) groups excluding carboxylic acids is 1. The summed E-state index contributed by atoms with van der Waals surface area (Å²) < 4.78 is 4.85. The third kappa shape index (κ3) is 2.44. The molecule has 5 nitrogen and oxygen atoms in total. The Kier molecular flexibility index (Phi) is 3.38. The van der Waals surface area contributed by atoms with Crippen LogP contribution in [0.5, 0.6) is 0 Å². The molecule has 1 aliphatic carbocycles. The summed E-state index contributed by atoms with van der Waals surface area (Å²) >= 11 is 0. The zero-order chi connectivity index (χ0) is 12.5. The summed E-state index contributed by atoms with van der Waals surface area (Å²) in [4.78, 5) is 24.5. The van der Waals surface area contributed by atoms with Crippen LogP contribution in [0.25, 0.3) is 0 Å². The van der Waals surface area contributed by atoms with E-state index in [0.29, 0.717) is 0 Å². The normalized spacial score (nSPS) is 24.3. The van der Waals surface area contributed by atoms with Gasteiger partial charge in [0.2, 0.25) is 0 Å². The van der Waals surface area contributed by atoms with Crippen molar-refractivity contribution in [2.24, 2.45) is 5.92 Å². The van der Waals surface area contributed by atoms with Crippen LogP contribution < -0.4 is 0 Å². The molecule has 17 heavy (non-hydrogen) atoms. The van der Waals surface area contributed by atoms with Gasteiger partial charge >= 0.3 is 11.9 Å². The van der Waals surface area contributed by atoms with E-state index in [1.807, 2.05) is 0 Å². The Morgan fingerprint density at radius 2 is 1.94 bits per heavy atom. The molecule has 0 atom stereocenters. The lowest BCUT2D eigenvalue weighted by Crippen LogP contribution is -2.48. The maximum Gasteiger partial charge on any atom is 0.326 e. The van der Waals surface area contributed by atoms with Crippen molar-refractivity contribution in [1.82, 2.24) is 4.90 Å². The second-order valence-corrected chi connectivity index (χ2v) is 5.05. The van der Waals surface area contributed by atoms with Crippen molar-refractivity contribution in [3.8, 4) is 0 Å². The zero-order valence-electron chi connectivity index (χ0n) is 10.1. The minimum atomic E-state index is -0.724. The predicted octanol–water partition coefficient (Wildman–Crippen LogP) is 0.879. The van der Waals surface area contributed by atoms with Gasteiger partial charge in [0.05, 0.1) is 7.11 Å². The van der Waals surface area contributed by atoms with Crippen LogP contribution in [-0.4, -0.2) is 47.7 Å². The number of piperidine rings is 1. The summed E-state index contributed by atoms with van der Waals surface area (Å²) in [6, 6.07) is 0. The smallest absolute Gasteiger partial charge is 0.326 e. The molecule has 2 aliphatic rings. The standard InChI is InChI=1S/C12H19NO4/c1-17-11(16)12(4-5-12)13-6-2-9(3-7-13)8-10(14)15/h9H,2-8H2,1H3,(H,14,15). The van der Waals surface area contributed by atoms with Gasteiger partial charge in [-0.15, -0.1) is 0 Å². The molecule has 2 fully saturated rings. The number of carbonyl (C=O) groups is 2. The Balaban J connectivity index is 1.87. The molecule has 1 saturated carbocycles. The van der Waals surface area contributed by atoms with Gasteiger partial charge in [-0.1, -0.05) is 0 Å². The van der Waals surface area contributed by atoms with Gasteiger partial charge in [0.15, 0.2) is 0 Å². The van der Waals surface area contributed by atoms with Gasteiger partial charge in [0, 0.05) is 6.42 Å². The van der Waals surface area contributed by atoms with Gasteiger partial charge in [0.1, 0.15) is 5.54 Å². The molecule has 2 rings (SSSR count). The minimum absolute atomic E-state index is 0.130. The quantitative estimate of drug-likeness (QED) is 0.740.